The van der Waals surface area contributed by atoms with Gasteiger partial charge in [0.05, 0.1) is 5.52 Å². The van der Waals surface area contributed by atoms with Crippen molar-refractivity contribution in [1.29, 1.82) is 5.26 Å². The SMILES string of the molecule is N#Cc1nc2ccccc2cc1-c1ccc(Cl)c(CN)c1. The molecule has 0 unspecified atom stereocenters. The fourth-order valence-electron chi connectivity index (χ4n) is 2.32. The zero-order chi connectivity index (χ0) is 14.8. The Labute approximate surface area is 127 Å². The Morgan fingerprint density at radius 3 is 2.71 bits per heavy atom. The van der Waals surface area contributed by atoms with Crippen LogP contribution in [0.2, 0.25) is 5.02 Å². The van der Waals surface area contributed by atoms with Gasteiger partial charge in [0.25, 0.3) is 0 Å². The highest BCUT2D eigenvalue weighted by atomic mass is 35.5. The number of aromatic nitrogens is 1. The lowest BCUT2D eigenvalue weighted by atomic mass is 10.00. The van der Waals surface area contributed by atoms with E-state index in [4.69, 9.17) is 17.3 Å². The van der Waals surface area contributed by atoms with Crippen LogP contribution in [0.5, 0.6) is 0 Å². The average molecular weight is 294 g/mol. The highest BCUT2D eigenvalue weighted by molar-refractivity contribution is 6.31. The topological polar surface area (TPSA) is 62.7 Å². The summed E-state index contributed by atoms with van der Waals surface area (Å²) in [6, 6.07) is 17.5. The van der Waals surface area contributed by atoms with Crippen molar-refractivity contribution < 1.29 is 0 Å². The Kier molecular flexibility index (Phi) is 3.57. The van der Waals surface area contributed by atoms with Gasteiger partial charge in [0.15, 0.2) is 0 Å². The summed E-state index contributed by atoms with van der Waals surface area (Å²) in [7, 11) is 0. The quantitative estimate of drug-likeness (QED) is 0.780. The van der Waals surface area contributed by atoms with Gasteiger partial charge in [0.1, 0.15) is 11.8 Å². The summed E-state index contributed by atoms with van der Waals surface area (Å²) in [6.07, 6.45) is 0. The third-order valence-electron chi connectivity index (χ3n) is 3.41. The molecular formula is C17H12ClN3. The molecule has 0 saturated heterocycles. The number of hydrogen-bond acceptors (Lipinski definition) is 3. The second kappa shape index (κ2) is 5.53. The minimum Gasteiger partial charge on any atom is -0.326 e. The largest absolute Gasteiger partial charge is 0.326 e. The maximum atomic E-state index is 9.36. The fourth-order valence-corrected chi connectivity index (χ4v) is 2.51. The maximum Gasteiger partial charge on any atom is 0.149 e. The number of pyridine rings is 1. The summed E-state index contributed by atoms with van der Waals surface area (Å²) in [6.45, 7) is 0.357. The molecule has 0 aliphatic rings. The van der Waals surface area contributed by atoms with Crippen LogP contribution < -0.4 is 5.73 Å². The summed E-state index contributed by atoms with van der Waals surface area (Å²) in [5, 5.41) is 11.0. The molecule has 2 aromatic carbocycles. The Balaban J connectivity index is 2.26. The lowest BCUT2D eigenvalue weighted by molar-refractivity contribution is 1.07. The van der Waals surface area contributed by atoms with Crippen LogP contribution >= 0.6 is 11.6 Å². The minimum absolute atomic E-state index is 0.357. The van der Waals surface area contributed by atoms with Crippen LogP contribution in [0.1, 0.15) is 11.3 Å². The van der Waals surface area contributed by atoms with Crippen LogP contribution in [-0.4, -0.2) is 4.98 Å². The summed E-state index contributed by atoms with van der Waals surface area (Å²) in [4.78, 5) is 4.42. The molecule has 0 fully saturated rings. The molecule has 3 nitrogen and oxygen atoms in total. The molecule has 1 heterocycles. The summed E-state index contributed by atoms with van der Waals surface area (Å²) in [5.41, 5.74) is 9.45. The first-order valence-electron chi connectivity index (χ1n) is 6.51. The zero-order valence-corrected chi connectivity index (χ0v) is 11.9. The Hall–Kier alpha value is -2.41. The van der Waals surface area contributed by atoms with E-state index in [1.54, 1.807) is 6.07 Å². The van der Waals surface area contributed by atoms with Crippen molar-refractivity contribution in [2.75, 3.05) is 0 Å². The molecule has 0 atom stereocenters. The van der Waals surface area contributed by atoms with Gasteiger partial charge < -0.3 is 5.73 Å². The van der Waals surface area contributed by atoms with Crippen LogP contribution in [-0.2, 0) is 6.54 Å². The molecule has 3 rings (SSSR count). The molecule has 1 aromatic heterocycles. The molecule has 0 aliphatic heterocycles. The summed E-state index contributed by atoms with van der Waals surface area (Å²) < 4.78 is 0. The smallest absolute Gasteiger partial charge is 0.149 e. The molecule has 0 saturated carbocycles. The maximum absolute atomic E-state index is 9.36. The molecule has 4 heteroatoms. The van der Waals surface area contributed by atoms with E-state index >= 15 is 0 Å². The van der Waals surface area contributed by atoms with Crippen LogP contribution in [0, 0.1) is 11.3 Å². The molecular weight excluding hydrogens is 282 g/mol. The van der Waals surface area contributed by atoms with Crippen molar-refractivity contribution in [3.63, 3.8) is 0 Å². The zero-order valence-electron chi connectivity index (χ0n) is 11.2. The van der Waals surface area contributed by atoms with Crippen molar-refractivity contribution in [1.82, 2.24) is 4.98 Å². The van der Waals surface area contributed by atoms with Gasteiger partial charge in [-0.25, -0.2) is 4.98 Å². The van der Waals surface area contributed by atoms with E-state index in [-0.39, 0.29) is 0 Å². The van der Waals surface area contributed by atoms with Gasteiger partial charge in [0, 0.05) is 22.5 Å². The predicted octanol–water partition coefficient (Wildman–Crippen LogP) is 3.89. The number of fused-ring (bicyclic) bond motifs is 1. The molecule has 0 bridgehead atoms. The lowest BCUT2D eigenvalue weighted by Gasteiger charge is -2.09. The molecule has 102 valence electrons. The Morgan fingerprint density at radius 2 is 1.95 bits per heavy atom. The molecule has 0 aliphatic carbocycles. The van der Waals surface area contributed by atoms with Crippen molar-refractivity contribution in [3.8, 4) is 17.2 Å². The third kappa shape index (κ3) is 2.47. The highest BCUT2D eigenvalue weighted by Gasteiger charge is 2.10. The molecule has 2 N–H and O–H groups in total. The van der Waals surface area contributed by atoms with Gasteiger partial charge in [-0.3, -0.25) is 0 Å². The first-order valence-corrected chi connectivity index (χ1v) is 6.89. The predicted molar refractivity (Wildman–Crippen MR) is 84.8 cm³/mol. The lowest BCUT2D eigenvalue weighted by Crippen LogP contribution is -1.98. The number of nitrogens with zero attached hydrogens (tertiary/aromatic N) is 2. The number of nitrogens with two attached hydrogens (primary N) is 1. The molecule has 0 spiro atoms. The number of benzene rings is 2. The molecule has 0 radical (unpaired) electrons. The second-order valence-corrected chi connectivity index (χ2v) is 5.11. The highest BCUT2D eigenvalue weighted by Crippen LogP contribution is 2.29. The van der Waals surface area contributed by atoms with Crippen LogP contribution in [0.3, 0.4) is 0 Å². The van der Waals surface area contributed by atoms with E-state index in [0.717, 1.165) is 27.6 Å². The summed E-state index contributed by atoms with van der Waals surface area (Å²) >= 11 is 6.09. The molecule has 3 aromatic rings. The number of halogens is 1. The average Bonchev–Trinajstić information content (AvgIpc) is 2.54. The van der Waals surface area contributed by atoms with Gasteiger partial charge in [-0.15, -0.1) is 0 Å². The van der Waals surface area contributed by atoms with Crippen molar-refractivity contribution in [2.24, 2.45) is 5.73 Å². The van der Waals surface area contributed by atoms with Gasteiger partial charge in [-0.1, -0.05) is 35.9 Å². The van der Waals surface area contributed by atoms with Crippen LogP contribution in [0.4, 0.5) is 0 Å². The van der Waals surface area contributed by atoms with Gasteiger partial charge in [-0.05, 0) is 35.4 Å². The van der Waals surface area contributed by atoms with Crippen molar-refractivity contribution >= 4 is 22.5 Å². The summed E-state index contributed by atoms with van der Waals surface area (Å²) in [5.74, 6) is 0. The Bertz CT molecular complexity index is 866. The fraction of sp³-hybridized carbons (Fsp3) is 0.0588. The first kappa shape index (κ1) is 13.6. The molecule has 21 heavy (non-hydrogen) atoms. The number of para-hydroxylation sites is 1. The van der Waals surface area contributed by atoms with Crippen molar-refractivity contribution in [2.45, 2.75) is 6.54 Å². The van der Waals surface area contributed by atoms with E-state index in [2.05, 4.69) is 11.1 Å². The normalized spacial score (nSPS) is 10.5. The van der Waals surface area contributed by atoms with Crippen LogP contribution in [0.25, 0.3) is 22.0 Å². The number of hydrogen-bond donors (Lipinski definition) is 1. The monoisotopic (exact) mass is 293 g/mol. The van der Waals surface area contributed by atoms with Gasteiger partial charge >= 0.3 is 0 Å². The molecule has 0 amide bonds. The standard InChI is InChI=1S/C17H12ClN3/c18-15-6-5-11(7-13(15)9-19)14-8-12-3-1-2-4-16(12)21-17(14)10-20/h1-8H,9,19H2. The van der Waals surface area contributed by atoms with E-state index < -0.39 is 0 Å². The van der Waals surface area contributed by atoms with Crippen LogP contribution in [0.15, 0.2) is 48.5 Å². The number of rotatable bonds is 2. The van der Waals surface area contributed by atoms with E-state index in [1.165, 1.54) is 0 Å². The number of nitriles is 1. The second-order valence-electron chi connectivity index (χ2n) is 4.70. The van der Waals surface area contributed by atoms with Gasteiger partial charge in [0.2, 0.25) is 0 Å². The van der Waals surface area contributed by atoms with Crippen molar-refractivity contribution in [3.05, 3.63) is 64.8 Å². The van der Waals surface area contributed by atoms with Gasteiger partial charge in [-0.2, -0.15) is 5.26 Å². The Morgan fingerprint density at radius 1 is 1.14 bits per heavy atom. The van der Waals surface area contributed by atoms with E-state index in [0.29, 0.717) is 17.3 Å². The first-order chi connectivity index (χ1) is 10.2. The third-order valence-corrected chi connectivity index (χ3v) is 3.78. The van der Waals surface area contributed by atoms with E-state index in [9.17, 15) is 5.26 Å². The minimum atomic E-state index is 0.357. The van der Waals surface area contributed by atoms with E-state index in [1.807, 2.05) is 42.5 Å².